The van der Waals surface area contributed by atoms with Gasteiger partial charge in [-0.3, -0.25) is 0 Å². The van der Waals surface area contributed by atoms with Crippen molar-refractivity contribution in [3.8, 4) is 0 Å². The number of aliphatic hydroxyl groups is 1. The SMILES string of the molecule is CC[C@H](CO)NS(=O)(=O)c1sc(Cl)nc1C. The van der Waals surface area contributed by atoms with Gasteiger partial charge in [-0.1, -0.05) is 29.9 Å². The Kier molecular flexibility index (Phi) is 4.69. The van der Waals surface area contributed by atoms with Crippen molar-refractivity contribution in [1.82, 2.24) is 9.71 Å². The molecule has 0 saturated carbocycles. The minimum atomic E-state index is -3.63. The van der Waals surface area contributed by atoms with Crippen molar-refractivity contribution in [2.75, 3.05) is 6.61 Å². The van der Waals surface area contributed by atoms with E-state index in [1.807, 2.05) is 0 Å². The number of aromatic nitrogens is 1. The molecule has 92 valence electrons. The number of rotatable bonds is 5. The fourth-order valence-corrected chi connectivity index (χ4v) is 4.19. The number of aryl methyl sites for hydroxylation is 1. The molecule has 0 spiro atoms. The summed E-state index contributed by atoms with van der Waals surface area (Å²) in [6.45, 7) is 3.13. The lowest BCUT2D eigenvalue weighted by Gasteiger charge is -2.13. The molecule has 0 aliphatic rings. The highest BCUT2D eigenvalue weighted by atomic mass is 35.5. The molecule has 0 bridgehead atoms. The van der Waals surface area contributed by atoms with Crippen molar-refractivity contribution in [1.29, 1.82) is 0 Å². The average molecular weight is 285 g/mol. The summed E-state index contributed by atoms with van der Waals surface area (Å²) in [7, 11) is -3.63. The van der Waals surface area contributed by atoms with E-state index in [4.69, 9.17) is 16.7 Å². The summed E-state index contributed by atoms with van der Waals surface area (Å²) in [6.07, 6.45) is 0.515. The van der Waals surface area contributed by atoms with Crippen molar-refractivity contribution in [3.63, 3.8) is 0 Å². The fraction of sp³-hybridized carbons (Fsp3) is 0.625. The van der Waals surface area contributed by atoms with Crippen LogP contribution >= 0.6 is 22.9 Å². The minimum Gasteiger partial charge on any atom is -0.395 e. The number of aliphatic hydroxyl groups excluding tert-OH is 1. The zero-order valence-electron chi connectivity index (χ0n) is 8.90. The van der Waals surface area contributed by atoms with Crippen LogP contribution in [0.1, 0.15) is 19.0 Å². The average Bonchev–Trinajstić information content (AvgIpc) is 2.55. The minimum absolute atomic E-state index is 0.101. The number of nitrogens with one attached hydrogen (secondary N) is 1. The van der Waals surface area contributed by atoms with E-state index in [-0.39, 0.29) is 15.3 Å². The topological polar surface area (TPSA) is 79.3 Å². The maximum Gasteiger partial charge on any atom is 0.252 e. The van der Waals surface area contributed by atoms with Crippen molar-refractivity contribution in [3.05, 3.63) is 10.2 Å². The highest BCUT2D eigenvalue weighted by Gasteiger charge is 2.23. The van der Waals surface area contributed by atoms with Gasteiger partial charge in [0.25, 0.3) is 10.0 Å². The van der Waals surface area contributed by atoms with Gasteiger partial charge in [-0.15, -0.1) is 0 Å². The van der Waals surface area contributed by atoms with E-state index in [1.165, 1.54) is 0 Å². The summed E-state index contributed by atoms with van der Waals surface area (Å²) >= 11 is 6.55. The third kappa shape index (κ3) is 3.14. The van der Waals surface area contributed by atoms with Crippen LogP contribution in [0.2, 0.25) is 4.47 Å². The second-order valence-electron chi connectivity index (χ2n) is 3.25. The van der Waals surface area contributed by atoms with Crippen LogP contribution in [0, 0.1) is 6.92 Å². The van der Waals surface area contributed by atoms with Crippen LogP contribution in [0.25, 0.3) is 0 Å². The molecule has 0 radical (unpaired) electrons. The quantitative estimate of drug-likeness (QED) is 0.850. The summed E-state index contributed by atoms with van der Waals surface area (Å²) < 4.78 is 26.5. The van der Waals surface area contributed by atoms with E-state index >= 15 is 0 Å². The largest absolute Gasteiger partial charge is 0.395 e. The molecule has 8 heteroatoms. The summed E-state index contributed by atoms with van der Waals surface area (Å²) in [6, 6.07) is -0.481. The zero-order valence-corrected chi connectivity index (χ0v) is 11.3. The standard InChI is InChI=1S/C8H13ClN2O3S2/c1-3-6(4-12)11-16(13,14)7-5(2)10-8(9)15-7/h6,11-12H,3-4H2,1-2H3/t6-/m1/s1. The Hall–Kier alpha value is -0.210. The van der Waals surface area contributed by atoms with Gasteiger partial charge in [0, 0.05) is 6.04 Å². The molecule has 1 rings (SSSR count). The van der Waals surface area contributed by atoms with E-state index in [0.29, 0.717) is 12.1 Å². The maximum absolute atomic E-state index is 11.9. The Bertz CT molecular complexity index is 454. The first-order valence-corrected chi connectivity index (χ1v) is 7.34. The van der Waals surface area contributed by atoms with Crippen molar-refractivity contribution < 1.29 is 13.5 Å². The molecule has 0 saturated heterocycles. The van der Waals surface area contributed by atoms with E-state index in [2.05, 4.69) is 9.71 Å². The molecule has 16 heavy (non-hydrogen) atoms. The second kappa shape index (κ2) is 5.42. The molecule has 0 amide bonds. The first-order chi connectivity index (χ1) is 7.40. The van der Waals surface area contributed by atoms with Crippen molar-refractivity contribution in [2.45, 2.75) is 30.5 Å². The number of nitrogens with zero attached hydrogens (tertiary/aromatic N) is 1. The second-order valence-corrected chi connectivity index (χ2v) is 6.74. The van der Waals surface area contributed by atoms with Gasteiger partial charge in [0.2, 0.25) is 0 Å². The van der Waals surface area contributed by atoms with Gasteiger partial charge in [0.1, 0.15) is 0 Å². The van der Waals surface area contributed by atoms with Crippen LogP contribution in [0.3, 0.4) is 0 Å². The Labute approximate surface area is 104 Å². The lowest BCUT2D eigenvalue weighted by molar-refractivity contribution is 0.254. The predicted octanol–water partition coefficient (Wildman–Crippen LogP) is 1.15. The monoisotopic (exact) mass is 284 g/mol. The molecule has 0 fully saturated rings. The van der Waals surface area contributed by atoms with Crippen LogP contribution in [0.15, 0.2) is 4.21 Å². The summed E-state index contributed by atoms with van der Waals surface area (Å²) in [5, 5.41) is 8.95. The van der Waals surface area contributed by atoms with E-state index in [9.17, 15) is 8.42 Å². The van der Waals surface area contributed by atoms with Gasteiger partial charge in [0.05, 0.1) is 12.3 Å². The molecular formula is C8H13ClN2O3S2. The lowest BCUT2D eigenvalue weighted by atomic mass is 10.3. The lowest BCUT2D eigenvalue weighted by Crippen LogP contribution is -2.36. The molecule has 1 atom stereocenters. The first kappa shape index (κ1) is 13.9. The molecule has 1 aromatic rings. The van der Waals surface area contributed by atoms with Gasteiger partial charge in [-0.25, -0.2) is 18.1 Å². The molecule has 2 N–H and O–H groups in total. The van der Waals surface area contributed by atoms with E-state index in [1.54, 1.807) is 13.8 Å². The molecule has 0 aliphatic carbocycles. The van der Waals surface area contributed by atoms with Crippen LogP contribution < -0.4 is 4.72 Å². The highest BCUT2D eigenvalue weighted by Crippen LogP contribution is 2.26. The Balaban J connectivity index is 2.98. The van der Waals surface area contributed by atoms with E-state index < -0.39 is 16.1 Å². The van der Waals surface area contributed by atoms with Gasteiger partial charge in [-0.2, -0.15) is 0 Å². The smallest absolute Gasteiger partial charge is 0.252 e. The van der Waals surface area contributed by atoms with Crippen LogP contribution in [0.4, 0.5) is 0 Å². The third-order valence-electron chi connectivity index (χ3n) is 2.01. The highest BCUT2D eigenvalue weighted by molar-refractivity contribution is 7.91. The first-order valence-electron chi connectivity index (χ1n) is 4.66. The molecule has 1 aromatic heterocycles. The molecule has 0 aliphatic heterocycles. The van der Waals surface area contributed by atoms with Crippen molar-refractivity contribution >= 4 is 33.0 Å². The van der Waals surface area contributed by atoms with Gasteiger partial charge < -0.3 is 5.11 Å². The Morgan fingerprint density at radius 2 is 2.25 bits per heavy atom. The fourth-order valence-electron chi connectivity index (χ4n) is 1.12. The van der Waals surface area contributed by atoms with Gasteiger partial charge in [-0.05, 0) is 13.3 Å². The summed E-state index contributed by atoms with van der Waals surface area (Å²) in [4.78, 5) is 3.84. The zero-order chi connectivity index (χ0) is 12.3. The Morgan fingerprint density at radius 3 is 2.62 bits per heavy atom. The van der Waals surface area contributed by atoms with E-state index in [0.717, 1.165) is 11.3 Å². The number of hydrogen-bond acceptors (Lipinski definition) is 5. The molecule has 0 aromatic carbocycles. The number of thiazole rings is 1. The summed E-state index contributed by atoms with van der Waals surface area (Å²) in [5.74, 6) is 0. The normalized spacial score (nSPS) is 14.0. The van der Waals surface area contributed by atoms with Crippen LogP contribution in [-0.4, -0.2) is 31.2 Å². The molecule has 5 nitrogen and oxygen atoms in total. The van der Waals surface area contributed by atoms with Crippen LogP contribution in [-0.2, 0) is 10.0 Å². The number of hydrogen-bond donors (Lipinski definition) is 2. The molecule has 0 unspecified atom stereocenters. The molecule has 1 heterocycles. The predicted molar refractivity (Wildman–Crippen MR) is 63.3 cm³/mol. The maximum atomic E-state index is 11.9. The summed E-state index contributed by atoms with van der Waals surface area (Å²) in [5.41, 5.74) is 0.371. The Morgan fingerprint density at radius 1 is 1.62 bits per heavy atom. The third-order valence-corrected chi connectivity index (χ3v) is 5.40. The van der Waals surface area contributed by atoms with Gasteiger partial charge >= 0.3 is 0 Å². The van der Waals surface area contributed by atoms with Crippen molar-refractivity contribution in [2.24, 2.45) is 0 Å². The molecular weight excluding hydrogens is 272 g/mol. The van der Waals surface area contributed by atoms with Crippen LogP contribution in [0.5, 0.6) is 0 Å². The van der Waals surface area contributed by atoms with Gasteiger partial charge in [0.15, 0.2) is 8.68 Å². The number of sulfonamides is 1. The number of halogens is 1.